The zero-order valence-corrected chi connectivity index (χ0v) is 13.0. The van der Waals surface area contributed by atoms with Crippen LogP contribution in [-0.2, 0) is 11.2 Å². The van der Waals surface area contributed by atoms with E-state index in [1.54, 1.807) is 25.1 Å². The molecule has 3 aromatic rings. The van der Waals surface area contributed by atoms with Gasteiger partial charge < -0.3 is 10.3 Å². The summed E-state index contributed by atoms with van der Waals surface area (Å²) in [6.07, 6.45) is 2.97. The number of para-hydroxylation sites is 1. The van der Waals surface area contributed by atoms with Crippen LogP contribution >= 0.6 is 0 Å². The normalized spacial score (nSPS) is 12.3. The molecule has 4 heteroatoms. The Morgan fingerprint density at radius 2 is 1.91 bits per heavy atom. The number of hydrogen-bond acceptors (Lipinski definition) is 1. The summed E-state index contributed by atoms with van der Waals surface area (Å²) in [5, 5.41) is 4.00. The highest BCUT2D eigenvalue weighted by molar-refractivity contribution is 5.84. The van der Waals surface area contributed by atoms with E-state index in [9.17, 15) is 9.18 Å². The van der Waals surface area contributed by atoms with E-state index in [4.69, 9.17) is 0 Å². The minimum atomic E-state index is -0.341. The van der Waals surface area contributed by atoms with E-state index in [0.29, 0.717) is 18.4 Å². The maximum Gasteiger partial charge on any atom is 0.220 e. The van der Waals surface area contributed by atoms with E-state index in [0.717, 1.165) is 16.5 Å². The van der Waals surface area contributed by atoms with Gasteiger partial charge in [0.15, 0.2) is 0 Å². The Balaban J connectivity index is 1.61. The first kappa shape index (κ1) is 15.3. The fraction of sp³-hybridized carbons (Fsp3) is 0.211. The lowest BCUT2D eigenvalue weighted by molar-refractivity contribution is -0.121. The van der Waals surface area contributed by atoms with Crippen LogP contribution in [0.3, 0.4) is 0 Å². The van der Waals surface area contributed by atoms with Gasteiger partial charge in [0.05, 0.1) is 6.04 Å². The number of halogens is 1. The summed E-state index contributed by atoms with van der Waals surface area (Å²) in [7, 11) is 0. The molecule has 0 unspecified atom stereocenters. The number of aromatic amines is 1. The number of hydrogen-bond donors (Lipinski definition) is 2. The highest BCUT2D eigenvalue weighted by Gasteiger charge is 2.13. The van der Waals surface area contributed by atoms with Crippen molar-refractivity contribution >= 4 is 16.8 Å². The monoisotopic (exact) mass is 310 g/mol. The molecule has 118 valence electrons. The first-order valence-electron chi connectivity index (χ1n) is 7.74. The molecular weight excluding hydrogens is 291 g/mol. The van der Waals surface area contributed by atoms with Crippen molar-refractivity contribution in [2.45, 2.75) is 25.8 Å². The van der Waals surface area contributed by atoms with Crippen LogP contribution in [0.5, 0.6) is 0 Å². The number of aromatic nitrogens is 1. The third kappa shape index (κ3) is 3.42. The number of carbonyl (C=O) groups excluding carboxylic acids is 1. The SMILES string of the molecule is C[C@@H](NC(=O)CCc1c[nH]c2ccccc12)c1ccccc1F. The first-order chi connectivity index (χ1) is 11.1. The van der Waals surface area contributed by atoms with Crippen LogP contribution in [0.15, 0.2) is 54.7 Å². The van der Waals surface area contributed by atoms with E-state index >= 15 is 0 Å². The molecule has 1 aromatic heterocycles. The van der Waals surface area contributed by atoms with Crippen LogP contribution < -0.4 is 5.32 Å². The second-order valence-electron chi connectivity index (χ2n) is 5.67. The van der Waals surface area contributed by atoms with E-state index < -0.39 is 0 Å². The lowest BCUT2D eigenvalue weighted by Gasteiger charge is -2.15. The number of carbonyl (C=O) groups is 1. The van der Waals surface area contributed by atoms with E-state index in [1.807, 2.05) is 30.5 Å². The van der Waals surface area contributed by atoms with Crippen LogP contribution in [0.4, 0.5) is 4.39 Å². The molecule has 0 bridgehead atoms. The Labute approximate surface area is 134 Å². The van der Waals surface area contributed by atoms with Gasteiger partial charge in [0, 0.05) is 29.1 Å². The minimum absolute atomic E-state index is 0.0777. The average molecular weight is 310 g/mol. The van der Waals surface area contributed by atoms with Crippen LogP contribution in [0.2, 0.25) is 0 Å². The number of benzene rings is 2. The van der Waals surface area contributed by atoms with Crippen LogP contribution in [0.25, 0.3) is 10.9 Å². The minimum Gasteiger partial charge on any atom is -0.361 e. The fourth-order valence-corrected chi connectivity index (χ4v) is 2.80. The molecule has 3 nitrogen and oxygen atoms in total. The zero-order valence-electron chi connectivity index (χ0n) is 13.0. The number of nitrogens with one attached hydrogen (secondary N) is 2. The molecule has 3 rings (SSSR count). The van der Waals surface area contributed by atoms with Gasteiger partial charge >= 0.3 is 0 Å². The molecule has 1 heterocycles. The van der Waals surface area contributed by atoms with E-state index in [-0.39, 0.29) is 17.8 Å². The zero-order chi connectivity index (χ0) is 16.2. The number of rotatable bonds is 5. The summed E-state index contributed by atoms with van der Waals surface area (Å²) in [5.41, 5.74) is 2.70. The summed E-state index contributed by atoms with van der Waals surface area (Å²) in [5.74, 6) is -0.372. The lowest BCUT2D eigenvalue weighted by atomic mass is 10.1. The van der Waals surface area contributed by atoms with Gasteiger partial charge in [0.25, 0.3) is 0 Å². The van der Waals surface area contributed by atoms with Crippen LogP contribution in [0.1, 0.15) is 30.5 Å². The van der Waals surface area contributed by atoms with Crippen molar-refractivity contribution in [1.82, 2.24) is 10.3 Å². The second-order valence-corrected chi connectivity index (χ2v) is 5.67. The molecule has 0 radical (unpaired) electrons. The van der Waals surface area contributed by atoms with Gasteiger partial charge in [-0.15, -0.1) is 0 Å². The fourth-order valence-electron chi connectivity index (χ4n) is 2.80. The number of H-pyrrole nitrogens is 1. The van der Waals surface area contributed by atoms with Crippen LogP contribution in [-0.4, -0.2) is 10.9 Å². The molecule has 0 aliphatic carbocycles. The van der Waals surface area contributed by atoms with Crippen molar-refractivity contribution in [2.24, 2.45) is 0 Å². The second kappa shape index (κ2) is 6.65. The van der Waals surface area contributed by atoms with Gasteiger partial charge in [-0.3, -0.25) is 4.79 Å². The summed E-state index contributed by atoms with van der Waals surface area (Å²) in [6, 6.07) is 14.2. The Morgan fingerprint density at radius 3 is 2.74 bits per heavy atom. The predicted octanol–water partition coefficient (Wildman–Crippen LogP) is 4.12. The molecule has 1 atom stereocenters. The number of aryl methyl sites for hydroxylation is 1. The molecule has 23 heavy (non-hydrogen) atoms. The standard InChI is InChI=1S/C19H19FN2O/c1-13(15-6-2-4-8-17(15)20)22-19(23)11-10-14-12-21-18-9-5-3-7-16(14)18/h2-9,12-13,21H,10-11H2,1H3,(H,22,23)/t13-/m1/s1. The number of fused-ring (bicyclic) bond motifs is 1. The van der Waals surface area contributed by atoms with Crippen molar-refractivity contribution in [3.05, 3.63) is 71.7 Å². The van der Waals surface area contributed by atoms with Gasteiger partial charge in [-0.25, -0.2) is 4.39 Å². The average Bonchev–Trinajstić information content (AvgIpc) is 2.96. The predicted molar refractivity (Wildman–Crippen MR) is 89.6 cm³/mol. The topological polar surface area (TPSA) is 44.9 Å². The molecule has 0 aliphatic heterocycles. The Hall–Kier alpha value is -2.62. The third-order valence-corrected chi connectivity index (χ3v) is 4.05. The molecule has 0 saturated heterocycles. The van der Waals surface area contributed by atoms with Crippen molar-refractivity contribution < 1.29 is 9.18 Å². The Morgan fingerprint density at radius 1 is 1.17 bits per heavy atom. The Kier molecular flexibility index (Phi) is 4.42. The maximum atomic E-state index is 13.7. The van der Waals surface area contributed by atoms with Gasteiger partial charge in [0.1, 0.15) is 5.82 Å². The molecular formula is C19H19FN2O. The number of amides is 1. The van der Waals surface area contributed by atoms with Crippen molar-refractivity contribution in [3.8, 4) is 0 Å². The molecule has 0 saturated carbocycles. The largest absolute Gasteiger partial charge is 0.361 e. The van der Waals surface area contributed by atoms with Crippen LogP contribution in [0, 0.1) is 5.82 Å². The molecule has 2 N–H and O–H groups in total. The summed E-state index contributed by atoms with van der Waals surface area (Å²) in [6.45, 7) is 1.79. The van der Waals surface area contributed by atoms with Gasteiger partial charge in [-0.1, -0.05) is 36.4 Å². The summed E-state index contributed by atoms with van der Waals surface area (Å²) < 4.78 is 13.7. The van der Waals surface area contributed by atoms with Crippen molar-refractivity contribution in [1.29, 1.82) is 0 Å². The molecule has 1 amide bonds. The quantitative estimate of drug-likeness (QED) is 0.731. The molecule has 0 spiro atoms. The lowest BCUT2D eigenvalue weighted by Crippen LogP contribution is -2.27. The molecule has 2 aromatic carbocycles. The molecule has 0 aliphatic rings. The van der Waals surface area contributed by atoms with Gasteiger partial charge in [0.2, 0.25) is 5.91 Å². The van der Waals surface area contributed by atoms with Crippen molar-refractivity contribution in [2.75, 3.05) is 0 Å². The van der Waals surface area contributed by atoms with E-state index in [2.05, 4.69) is 10.3 Å². The van der Waals surface area contributed by atoms with Crippen molar-refractivity contribution in [3.63, 3.8) is 0 Å². The molecule has 0 fully saturated rings. The summed E-state index contributed by atoms with van der Waals surface area (Å²) >= 11 is 0. The first-order valence-corrected chi connectivity index (χ1v) is 7.74. The van der Waals surface area contributed by atoms with Gasteiger partial charge in [-0.05, 0) is 31.0 Å². The third-order valence-electron chi connectivity index (χ3n) is 4.05. The Bertz CT molecular complexity index is 825. The smallest absolute Gasteiger partial charge is 0.220 e. The summed E-state index contributed by atoms with van der Waals surface area (Å²) in [4.78, 5) is 15.3. The highest BCUT2D eigenvalue weighted by Crippen LogP contribution is 2.20. The highest BCUT2D eigenvalue weighted by atomic mass is 19.1. The van der Waals surface area contributed by atoms with E-state index in [1.165, 1.54) is 6.07 Å². The van der Waals surface area contributed by atoms with Gasteiger partial charge in [-0.2, -0.15) is 0 Å². The maximum absolute atomic E-state index is 13.7.